The van der Waals surface area contributed by atoms with Gasteiger partial charge in [0.05, 0.1) is 13.0 Å². The van der Waals surface area contributed by atoms with Crippen LogP contribution in [-0.4, -0.2) is 18.3 Å². The van der Waals surface area contributed by atoms with Gasteiger partial charge in [-0.1, -0.05) is 43.2 Å². The molecule has 0 heterocycles. The lowest BCUT2D eigenvalue weighted by molar-refractivity contribution is -0.144. The van der Waals surface area contributed by atoms with Crippen molar-refractivity contribution in [2.75, 3.05) is 7.11 Å². The molecule has 0 spiro atoms. The quantitative estimate of drug-likeness (QED) is 0.760. The number of esters is 1. The highest BCUT2D eigenvalue weighted by atomic mass is 32.2. The first kappa shape index (κ1) is 15.1. The van der Waals surface area contributed by atoms with Gasteiger partial charge in [-0.25, -0.2) is 0 Å². The zero-order valence-electron chi connectivity index (χ0n) is 11.8. The van der Waals surface area contributed by atoms with Gasteiger partial charge in [-0.2, -0.15) is 11.8 Å². The van der Waals surface area contributed by atoms with Crippen molar-refractivity contribution in [1.82, 2.24) is 0 Å². The van der Waals surface area contributed by atoms with Gasteiger partial charge in [-0.3, -0.25) is 4.79 Å². The first-order valence-corrected chi connectivity index (χ1v) is 7.25. The minimum atomic E-state index is -0.129. The first-order chi connectivity index (χ1) is 8.43. The third kappa shape index (κ3) is 4.37. The van der Waals surface area contributed by atoms with E-state index in [2.05, 4.69) is 39.0 Å². The molecular formula is C15H22O2S. The second-order valence-electron chi connectivity index (χ2n) is 4.82. The van der Waals surface area contributed by atoms with Crippen LogP contribution in [0.2, 0.25) is 0 Å². The molecular weight excluding hydrogens is 244 g/mol. The zero-order valence-corrected chi connectivity index (χ0v) is 12.6. The van der Waals surface area contributed by atoms with Crippen LogP contribution in [0.4, 0.5) is 0 Å². The molecule has 2 atom stereocenters. The van der Waals surface area contributed by atoms with Crippen LogP contribution < -0.4 is 0 Å². The summed E-state index contributed by atoms with van der Waals surface area (Å²) in [6.45, 7) is 8.23. The molecule has 0 saturated heterocycles. The Bertz CT molecular complexity index is 395. The van der Waals surface area contributed by atoms with Crippen LogP contribution >= 0.6 is 11.8 Å². The van der Waals surface area contributed by atoms with E-state index < -0.39 is 0 Å². The molecule has 1 rings (SSSR count). The number of hydrogen-bond acceptors (Lipinski definition) is 3. The largest absolute Gasteiger partial charge is 0.469 e. The zero-order chi connectivity index (χ0) is 13.7. The fourth-order valence-corrected chi connectivity index (χ4v) is 2.92. The van der Waals surface area contributed by atoms with Gasteiger partial charge in [0.25, 0.3) is 0 Å². The normalized spacial score (nSPS) is 14.1. The molecule has 0 saturated carbocycles. The van der Waals surface area contributed by atoms with Gasteiger partial charge in [0.15, 0.2) is 0 Å². The van der Waals surface area contributed by atoms with Crippen LogP contribution in [0, 0.1) is 19.8 Å². The maximum atomic E-state index is 11.4. The highest BCUT2D eigenvalue weighted by molar-refractivity contribution is 7.99. The van der Waals surface area contributed by atoms with E-state index >= 15 is 0 Å². The van der Waals surface area contributed by atoms with Crippen molar-refractivity contribution in [2.24, 2.45) is 5.92 Å². The van der Waals surface area contributed by atoms with Crippen LogP contribution in [0.1, 0.15) is 30.5 Å². The number of methoxy groups -OCH3 is 1. The molecule has 2 unspecified atom stereocenters. The summed E-state index contributed by atoms with van der Waals surface area (Å²) in [7, 11) is 1.44. The Labute approximate surface area is 114 Å². The molecule has 0 fully saturated rings. The predicted octanol–water partition coefficient (Wildman–Crippen LogP) is 3.73. The molecule has 0 aliphatic heterocycles. The summed E-state index contributed by atoms with van der Waals surface area (Å²) in [6, 6.07) is 6.58. The van der Waals surface area contributed by atoms with Crippen molar-refractivity contribution in [3.8, 4) is 0 Å². The van der Waals surface area contributed by atoms with E-state index in [0.717, 1.165) is 5.75 Å². The van der Waals surface area contributed by atoms with Gasteiger partial charge >= 0.3 is 5.97 Å². The van der Waals surface area contributed by atoms with E-state index in [0.29, 0.717) is 0 Å². The van der Waals surface area contributed by atoms with Gasteiger partial charge in [0.2, 0.25) is 0 Å². The number of carbonyl (C=O) groups excluding carboxylic acids is 1. The molecule has 0 aliphatic rings. The lowest BCUT2D eigenvalue weighted by Crippen LogP contribution is -2.22. The van der Waals surface area contributed by atoms with Crippen LogP contribution in [0.25, 0.3) is 0 Å². The second kappa shape index (κ2) is 6.83. The van der Waals surface area contributed by atoms with Crippen molar-refractivity contribution in [3.63, 3.8) is 0 Å². The second-order valence-corrected chi connectivity index (χ2v) is 6.19. The summed E-state index contributed by atoms with van der Waals surface area (Å²) in [6.07, 6.45) is 0. The van der Waals surface area contributed by atoms with Crippen molar-refractivity contribution in [2.45, 2.75) is 38.7 Å². The Morgan fingerprint density at radius 2 is 1.78 bits per heavy atom. The van der Waals surface area contributed by atoms with Gasteiger partial charge in [0, 0.05) is 11.0 Å². The van der Waals surface area contributed by atoms with Crippen molar-refractivity contribution in [3.05, 3.63) is 34.9 Å². The van der Waals surface area contributed by atoms with Gasteiger partial charge in [-0.15, -0.1) is 0 Å². The number of carbonyl (C=O) groups is 1. The molecule has 1 aromatic carbocycles. The Hall–Kier alpha value is -0.960. The summed E-state index contributed by atoms with van der Waals surface area (Å²) in [5, 5.41) is 0.262. The van der Waals surface area contributed by atoms with Crippen LogP contribution in [-0.2, 0) is 15.3 Å². The monoisotopic (exact) mass is 266 g/mol. The molecule has 0 radical (unpaired) electrons. The minimum absolute atomic E-state index is 0.0640. The maximum absolute atomic E-state index is 11.4. The van der Waals surface area contributed by atoms with E-state index in [1.165, 1.54) is 23.8 Å². The summed E-state index contributed by atoms with van der Waals surface area (Å²) >= 11 is 1.80. The molecule has 3 heteroatoms. The highest BCUT2D eigenvalue weighted by Crippen LogP contribution is 2.25. The van der Waals surface area contributed by atoms with Crippen molar-refractivity contribution >= 4 is 17.7 Å². The van der Waals surface area contributed by atoms with E-state index in [1.807, 2.05) is 6.92 Å². The summed E-state index contributed by atoms with van der Waals surface area (Å²) in [4.78, 5) is 11.4. The number of ether oxygens (including phenoxy) is 1. The fourth-order valence-electron chi connectivity index (χ4n) is 1.90. The van der Waals surface area contributed by atoms with Crippen molar-refractivity contribution in [1.29, 1.82) is 0 Å². The lowest BCUT2D eigenvalue weighted by atomic mass is 10.1. The average Bonchev–Trinajstić information content (AvgIpc) is 2.32. The Balaban J connectivity index is 2.56. The van der Waals surface area contributed by atoms with E-state index in [-0.39, 0.29) is 17.1 Å². The Morgan fingerprint density at radius 1 is 1.22 bits per heavy atom. The summed E-state index contributed by atoms with van der Waals surface area (Å²) < 4.78 is 4.77. The fraction of sp³-hybridized carbons (Fsp3) is 0.533. The van der Waals surface area contributed by atoms with E-state index in [1.54, 1.807) is 11.8 Å². The molecule has 0 amide bonds. The van der Waals surface area contributed by atoms with Crippen molar-refractivity contribution < 1.29 is 9.53 Å². The highest BCUT2D eigenvalue weighted by Gasteiger charge is 2.21. The lowest BCUT2D eigenvalue weighted by Gasteiger charge is -2.17. The third-order valence-electron chi connectivity index (χ3n) is 3.07. The van der Waals surface area contributed by atoms with Gasteiger partial charge < -0.3 is 4.74 Å². The standard InChI is InChI=1S/C15H22O2S/c1-10-6-11(2)8-14(7-10)9-18-13(4)12(3)15(16)17-5/h6-8,12-13H,9H2,1-5H3. The number of aryl methyl sites for hydroxylation is 2. The summed E-state index contributed by atoms with van der Waals surface area (Å²) in [5.74, 6) is 0.742. The molecule has 0 N–H and O–H groups in total. The number of benzene rings is 1. The van der Waals surface area contributed by atoms with Crippen LogP contribution in [0.3, 0.4) is 0 Å². The first-order valence-electron chi connectivity index (χ1n) is 6.20. The van der Waals surface area contributed by atoms with Gasteiger partial charge in [0.1, 0.15) is 0 Å². The molecule has 0 bridgehead atoms. The molecule has 0 aliphatic carbocycles. The SMILES string of the molecule is COC(=O)C(C)C(C)SCc1cc(C)cc(C)c1. The average molecular weight is 266 g/mol. The molecule has 100 valence electrons. The molecule has 2 nitrogen and oxygen atoms in total. The third-order valence-corrected chi connectivity index (χ3v) is 4.51. The number of rotatable bonds is 5. The predicted molar refractivity (Wildman–Crippen MR) is 77.9 cm³/mol. The number of hydrogen-bond donors (Lipinski definition) is 0. The molecule has 1 aromatic rings. The summed E-state index contributed by atoms with van der Waals surface area (Å²) in [5.41, 5.74) is 3.90. The topological polar surface area (TPSA) is 26.3 Å². The Kier molecular flexibility index (Phi) is 5.73. The Morgan fingerprint density at radius 3 is 2.28 bits per heavy atom. The minimum Gasteiger partial charge on any atom is -0.469 e. The van der Waals surface area contributed by atoms with E-state index in [9.17, 15) is 4.79 Å². The number of thioether (sulfide) groups is 1. The van der Waals surface area contributed by atoms with Gasteiger partial charge in [-0.05, 0) is 19.4 Å². The molecule has 0 aromatic heterocycles. The smallest absolute Gasteiger partial charge is 0.309 e. The maximum Gasteiger partial charge on any atom is 0.309 e. The molecule has 18 heavy (non-hydrogen) atoms. The van der Waals surface area contributed by atoms with Crippen LogP contribution in [0.5, 0.6) is 0 Å². The van der Waals surface area contributed by atoms with E-state index in [4.69, 9.17) is 4.74 Å². The van der Waals surface area contributed by atoms with Crippen LogP contribution in [0.15, 0.2) is 18.2 Å².